The Bertz CT molecular complexity index is 442. The summed E-state index contributed by atoms with van der Waals surface area (Å²) in [6.45, 7) is 0. The van der Waals surface area contributed by atoms with E-state index in [1.54, 1.807) is 12.4 Å². The SMILES string of the molecule is NC(Cc1ccc(Br)cc1)c1cncnc1. The van der Waals surface area contributed by atoms with Gasteiger partial charge in [-0.15, -0.1) is 0 Å². The van der Waals surface area contributed by atoms with Crippen LogP contribution in [0.4, 0.5) is 0 Å². The first kappa shape index (κ1) is 11.2. The topological polar surface area (TPSA) is 51.8 Å². The lowest BCUT2D eigenvalue weighted by Gasteiger charge is -2.10. The van der Waals surface area contributed by atoms with E-state index in [1.165, 1.54) is 11.9 Å². The summed E-state index contributed by atoms with van der Waals surface area (Å²) in [4.78, 5) is 7.93. The molecule has 0 aliphatic carbocycles. The smallest absolute Gasteiger partial charge is 0.115 e. The Kier molecular flexibility index (Phi) is 3.64. The maximum absolute atomic E-state index is 6.07. The number of halogens is 1. The van der Waals surface area contributed by atoms with Crippen LogP contribution in [0.1, 0.15) is 17.2 Å². The maximum atomic E-state index is 6.07. The molecule has 2 N–H and O–H groups in total. The number of nitrogens with zero attached hydrogens (tertiary/aromatic N) is 2. The Balaban J connectivity index is 2.08. The van der Waals surface area contributed by atoms with Gasteiger partial charge >= 0.3 is 0 Å². The van der Waals surface area contributed by atoms with Crippen molar-refractivity contribution in [3.05, 3.63) is 58.6 Å². The average molecular weight is 278 g/mol. The Morgan fingerprint density at radius 2 is 1.75 bits per heavy atom. The van der Waals surface area contributed by atoms with Gasteiger partial charge in [0.2, 0.25) is 0 Å². The largest absolute Gasteiger partial charge is 0.324 e. The van der Waals surface area contributed by atoms with Crippen molar-refractivity contribution in [3.8, 4) is 0 Å². The van der Waals surface area contributed by atoms with Crippen LogP contribution in [0.15, 0.2) is 47.5 Å². The van der Waals surface area contributed by atoms with E-state index in [1.807, 2.05) is 12.1 Å². The quantitative estimate of drug-likeness (QED) is 0.938. The third-order valence-electron chi connectivity index (χ3n) is 2.38. The summed E-state index contributed by atoms with van der Waals surface area (Å²) in [6, 6.07) is 8.11. The fourth-order valence-electron chi connectivity index (χ4n) is 1.49. The first-order valence-electron chi connectivity index (χ1n) is 5.00. The van der Waals surface area contributed by atoms with E-state index in [0.717, 1.165) is 16.5 Å². The summed E-state index contributed by atoms with van der Waals surface area (Å²) in [5, 5.41) is 0. The van der Waals surface area contributed by atoms with E-state index in [9.17, 15) is 0 Å². The number of nitrogens with two attached hydrogens (primary N) is 1. The molecule has 2 rings (SSSR count). The van der Waals surface area contributed by atoms with Crippen molar-refractivity contribution in [2.24, 2.45) is 5.73 Å². The minimum Gasteiger partial charge on any atom is -0.324 e. The summed E-state index contributed by atoms with van der Waals surface area (Å²) >= 11 is 3.41. The van der Waals surface area contributed by atoms with E-state index in [-0.39, 0.29) is 6.04 Å². The molecule has 1 aromatic heterocycles. The van der Waals surface area contributed by atoms with Crippen molar-refractivity contribution in [2.75, 3.05) is 0 Å². The van der Waals surface area contributed by atoms with Crippen LogP contribution in [0, 0.1) is 0 Å². The molecule has 82 valence electrons. The Hall–Kier alpha value is -1.26. The number of hydrogen-bond acceptors (Lipinski definition) is 3. The first-order chi connectivity index (χ1) is 7.75. The van der Waals surface area contributed by atoms with E-state index in [2.05, 4.69) is 38.0 Å². The fraction of sp³-hybridized carbons (Fsp3) is 0.167. The second kappa shape index (κ2) is 5.18. The van der Waals surface area contributed by atoms with Gasteiger partial charge in [-0.3, -0.25) is 0 Å². The van der Waals surface area contributed by atoms with Crippen LogP contribution >= 0.6 is 15.9 Å². The van der Waals surface area contributed by atoms with Crippen LogP contribution in [0.3, 0.4) is 0 Å². The summed E-state index contributed by atoms with van der Waals surface area (Å²) in [5.74, 6) is 0. The normalized spacial score (nSPS) is 12.4. The highest BCUT2D eigenvalue weighted by molar-refractivity contribution is 9.10. The molecule has 1 atom stereocenters. The number of benzene rings is 1. The molecule has 0 saturated carbocycles. The van der Waals surface area contributed by atoms with Gasteiger partial charge in [-0.25, -0.2) is 9.97 Å². The van der Waals surface area contributed by atoms with Gasteiger partial charge in [0.15, 0.2) is 0 Å². The van der Waals surface area contributed by atoms with Crippen LogP contribution in [-0.4, -0.2) is 9.97 Å². The number of hydrogen-bond donors (Lipinski definition) is 1. The van der Waals surface area contributed by atoms with E-state index in [4.69, 9.17) is 5.73 Å². The lowest BCUT2D eigenvalue weighted by atomic mass is 10.0. The van der Waals surface area contributed by atoms with Gasteiger partial charge in [-0.05, 0) is 24.1 Å². The fourth-order valence-corrected chi connectivity index (χ4v) is 1.76. The Morgan fingerprint density at radius 1 is 1.12 bits per heavy atom. The van der Waals surface area contributed by atoms with Crippen molar-refractivity contribution in [3.63, 3.8) is 0 Å². The molecule has 2 aromatic rings. The van der Waals surface area contributed by atoms with E-state index in [0.29, 0.717) is 0 Å². The zero-order valence-corrected chi connectivity index (χ0v) is 10.3. The molecule has 1 aromatic carbocycles. The molecule has 0 aliphatic rings. The molecular formula is C12H12BrN3. The minimum absolute atomic E-state index is 0.0534. The lowest BCUT2D eigenvalue weighted by molar-refractivity contribution is 0.712. The molecule has 0 amide bonds. The highest BCUT2D eigenvalue weighted by Gasteiger charge is 2.07. The molecule has 3 nitrogen and oxygen atoms in total. The second-order valence-corrected chi connectivity index (χ2v) is 4.52. The van der Waals surface area contributed by atoms with Crippen LogP contribution in [0.5, 0.6) is 0 Å². The van der Waals surface area contributed by atoms with E-state index < -0.39 is 0 Å². The van der Waals surface area contributed by atoms with Crippen molar-refractivity contribution >= 4 is 15.9 Å². The van der Waals surface area contributed by atoms with Gasteiger partial charge < -0.3 is 5.73 Å². The van der Waals surface area contributed by atoms with Gasteiger partial charge in [0.1, 0.15) is 6.33 Å². The third-order valence-corrected chi connectivity index (χ3v) is 2.91. The highest BCUT2D eigenvalue weighted by Crippen LogP contribution is 2.16. The maximum Gasteiger partial charge on any atom is 0.115 e. The molecule has 0 fully saturated rings. The van der Waals surface area contributed by atoms with Crippen LogP contribution < -0.4 is 5.73 Å². The zero-order valence-electron chi connectivity index (χ0n) is 8.68. The highest BCUT2D eigenvalue weighted by atomic mass is 79.9. The molecule has 0 spiro atoms. The van der Waals surface area contributed by atoms with Crippen molar-refractivity contribution in [2.45, 2.75) is 12.5 Å². The molecule has 0 aliphatic heterocycles. The van der Waals surface area contributed by atoms with Crippen LogP contribution in [0.2, 0.25) is 0 Å². The molecule has 0 bridgehead atoms. The molecule has 16 heavy (non-hydrogen) atoms. The molecule has 1 unspecified atom stereocenters. The summed E-state index contributed by atoms with van der Waals surface area (Å²) in [7, 11) is 0. The van der Waals surface area contributed by atoms with E-state index >= 15 is 0 Å². The van der Waals surface area contributed by atoms with Crippen molar-refractivity contribution in [1.29, 1.82) is 0 Å². The van der Waals surface area contributed by atoms with Crippen LogP contribution in [0.25, 0.3) is 0 Å². The van der Waals surface area contributed by atoms with Crippen molar-refractivity contribution in [1.82, 2.24) is 9.97 Å². The average Bonchev–Trinajstić information content (AvgIpc) is 2.33. The molecule has 4 heteroatoms. The predicted octanol–water partition coefficient (Wildman–Crippen LogP) is 2.48. The molecule has 0 radical (unpaired) electrons. The summed E-state index contributed by atoms with van der Waals surface area (Å²) in [6.07, 6.45) is 5.82. The molecular weight excluding hydrogens is 266 g/mol. The predicted molar refractivity (Wildman–Crippen MR) is 66.8 cm³/mol. The van der Waals surface area contributed by atoms with Crippen LogP contribution in [-0.2, 0) is 6.42 Å². The number of rotatable bonds is 3. The minimum atomic E-state index is -0.0534. The van der Waals surface area contributed by atoms with Gasteiger partial charge in [0.25, 0.3) is 0 Å². The zero-order chi connectivity index (χ0) is 11.4. The Morgan fingerprint density at radius 3 is 2.38 bits per heavy atom. The van der Waals surface area contributed by atoms with Gasteiger partial charge in [-0.1, -0.05) is 28.1 Å². The third kappa shape index (κ3) is 2.87. The number of aromatic nitrogens is 2. The first-order valence-corrected chi connectivity index (χ1v) is 5.80. The molecule has 0 saturated heterocycles. The van der Waals surface area contributed by atoms with Gasteiger partial charge in [0.05, 0.1) is 0 Å². The summed E-state index contributed by atoms with van der Waals surface area (Å²) < 4.78 is 1.08. The summed E-state index contributed by atoms with van der Waals surface area (Å²) in [5.41, 5.74) is 8.24. The van der Waals surface area contributed by atoms with Crippen molar-refractivity contribution < 1.29 is 0 Å². The standard InChI is InChI=1S/C12H12BrN3/c13-11-3-1-9(2-4-11)5-12(14)10-6-15-8-16-7-10/h1-4,6-8,12H,5,14H2. The monoisotopic (exact) mass is 277 g/mol. The Labute approximate surface area is 103 Å². The van der Waals surface area contributed by atoms with Gasteiger partial charge in [-0.2, -0.15) is 0 Å². The van der Waals surface area contributed by atoms with Gasteiger partial charge in [0, 0.05) is 28.5 Å². The lowest BCUT2D eigenvalue weighted by Crippen LogP contribution is -2.13. The second-order valence-electron chi connectivity index (χ2n) is 3.61. The molecule has 1 heterocycles.